The Balaban J connectivity index is 1.74. The van der Waals surface area contributed by atoms with Gasteiger partial charge in [0.25, 0.3) is 0 Å². The largest absolute Gasteiger partial charge is 0.345 e. The number of carbonyl (C=O) groups is 1. The van der Waals surface area contributed by atoms with Crippen LogP contribution >= 0.6 is 11.6 Å². The fourth-order valence-corrected chi connectivity index (χ4v) is 3.45. The molecule has 0 saturated heterocycles. The maximum atomic E-state index is 12.1. The van der Waals surface area contributed by atoms with Crippen molar-refractivity contribution in [2.75, 3.05) is 13.6 Å². The summed E-state index contributed by atoms with van der Waals surface area (Å²) in [4.78, 5) is 14.1. The number of nitrogens with zero attached hydrogens (tertiary/aromatic N) is 1. The van der Waals surface area contributed by atoms with Gasteiger partial charge in [-0.1, -0.05) is 19.3 Å². The van der Waals surface area contributed by atoms with E-state index in [9.17, 15) is 4.79 Å². The van der Waals surface area contributed by atoms with Crippen molar-refractivity contribution in [3.8, 4) is 0 Å². The van der Waals surface area contributed by atoms with Gasteiger partial charge < -0.3 is 4.90 Å². The van der Waals surface area contributed by atoms with E-state index < -0.39 is 0 Å². The van der Waals surface area contributed by atoms with Crippen LogP contribution in [0.3, 0.4) is 0 Å². The Hall–Kier alpha value is -0.240. The second-order valence-corrected chi connectivity index (χ2v) is 6.11. The molecule has 1 amide bonds. The molecule has 2 saturated carbocycles. The van der Waals surface area contributed by atoms with Gasteiger partial charge in [-0.2, -0.15) is 0 Å². The first-order valence-electron chi connectivity index (χ1n) is 6.56. The number of hydrogen-bond acceptors (Lipinski definition) is 1. The van der Waals surface area contributed by atoms with E-state index in [1.54, 1.807) is 0 Å². The number of halogens is 1. The molecule has 0 bridgehead atoms. The Morgan fingerprint density at radius 2 is 1.88 bits per heavy atom. The topological polar surface area (TPSA) is 20.3 Å². The lowest BCUT2D eigenvalue weighted by Crippen LogP contribution is -2.40. The molecule has 0 N–H and O–H groups in total. The molecule has 2 fully saturated rings. The summed E-state index contributed by atoms with van der Waals surface area (Å²) in [6.07, 6.45) is 8.16. The fraction of sp³-hybridized carbons (Fsp3) is 0.923. The molecule has 0 aromatic rings. The zero-order valence-electron chi connectivity index (χ0n) is 10.1. The quantitative estimate of drug-likeness (QED) is 0.698. The van der Waals surface area contributed by atoms with Gasteiger partial charge in [0.2, 0.25) is 5.91 Å². The summed E-state index contributed by atoms with van der Waals surface area (Å²) in [5.74, 6) is 1.34. The van der Waals surface area contributed by atoms with Crippen LogP contribution in [0.25, 0.3) is 0 Å². The van der Waals surface area contributed by atoms with Crippen molar-refractivity contribution in [2.24, 2.45) is 11.8 Å². The SMILES string of the molecule is CN(CC1CC(Cl)C1)C(=O)C1CCCCC1. The number of carbonyl (C=O) groups excluding carboxylic acids is 1. The highest BCUT2D eigenvalue weighted by Crippen LogP contribution is 2.33. The Labute approximate surface area is 103 Å². The van der Waals surface area contributed by atoms with Gasteiger partial charge in [-0.25, -0.2) is 0 Å². The lowest BCUT2D eigenvalue weighted by atomic mass is 9.83. The Kier molecular flexibility index (Phi) is 4.12. The highest BCUT2D eigenvalue weighted by molar-refractivity contribution is 6.21. The predicted octanol–water partition coefficient (Wildman–Crippen LogP) is 3.04. The van der Waals surface area contributed by atoms with Crippen LogP contribution in [0.4, 0.5) is 0 Å². The van der Waals surface area contributed by atoms with E-state index in [0.717, 1.165) is 32.2 Å². The highest BCUT2D eigenvalue weighted by atomic mass is 35.5. The van der Waals surface area contributed by atoms with Crippen molar-refractivity contribution in [3.05, 3.63) is 0 Å². The smallest absolute Gasteiger partial charge is 0.225 e. The molecule has 0 aromatic carbocycles. The number of hydrogen-bond donors (Lipinski definition) is 0. The maximum Gasteiger partial charge on any atom is 0.225 e. The number of amides is 1. The van der Waals surface area contributed by atoms with Gasteiger partial charge in [0, 0.05) is 24.9 Å². The zero-order valence-corrected chi connectivity index (χ0v) is 10.9. The maximum absolute atomic E-state index is 12.1. The van der Waals surface area contributed by atoms with Gasteiger partial charge in [0.15, 0.2) is 0 Å². The van der Waals surface area contributed by atoms with E-state index in [0.29, 0.717) is 23.1 Å². The van der Waals surface area contributed by atoms with E-state index in [1.807, 2.05) is 11.9 Å². The second kappa shape index (κ2) is 5.39. The summed E-state index contributed by atoms with van der Waals surface area (Å²) in [5, 5.41) is 0.364. The van der Waals surface area contributed by atoms with Crippen LogP contribution in [0.2, 0.25) is 0 Å². The molecule has 2 nitrogen and oxygen atoms in total. The van der Waals surface area contributed by atoms with E-state index in [4.69, 9.17) is 11.6 Å². The van der Waals surface area contributed by atoms with E-state index in [1.165, 1.54) is 19.3 Å². The molecule has 0 aliphatic heterocycles. The highest BCUT2D eigenvalue weighted by Gasteiger charge is 2.31. The summed E-state index contributed by atoms with van der Waals surface area (Å²) < 4.78 is 0. The molecular weight excluding hydrogens is 222 g/mol. The summed E-state index contributed by atoms with van der Waals surface area (Å²) >= 11 is 5.95. The standard InChI is InChI=1S/C13H22ClNO/c1-15(9-10-7-12(14)8-10)13(16)11-5-3-2-4-6-11/h10-12H,2-9H2,1H3. The summed E-state index contributed by atoms with van der Waals surface area (Å²) in [6, 6.07) is 0. The molecule has 3 heteroatoms. The minimum atomic E-state index is 0.311. The van der Waals surface area contributed by atoms with Gasteiger partial charge in [0.1, 0.15) is 0 Å². The van der Waals surface area contributed by atoms with Crippen LogP contribution in [0, 0.1) is 11.8 Å². The average Bonchev–Trinajstić information content (AvgIpc) is 2.27. The van der Waals surface area contributed by atoms with E-state index in [-0.39, 0.29) is 0 Å². The Morgan fingerprint density at radius 3 is 2.44 bits per heavy atom. The lowest BCUT2D eigenvalue weighted by molar-refractivity contribution is -0.136. The van der Waals surface area contributed by atoms with Crippen LogP contribution in [0.1, 0.15) is 44.9 Å². The van der Waals surface area contributed by atoms with Crippen LogP contribution in [-0.4, -0.2) is 29.8 Å². The monoisotopic (exact) mass is 243 g/mol. The average molecular weight is 244 g/mol. The molecule has 0 atom stereocenters. The van der Waals surface area contributed by atoms with Crippen molar-refractivity contribution >= 4 is 17.5 Å². The van der Waals surface area contributed by atoms with Crippen LogP contribution in [0.15, 0.2) is 0 Å². The summed E-state index contributed by atoms with van der Waals surface area (Å²) in [5.41, 5.74) is 0. The van der Waals surface area contributed by atoms with Crippen LogP contribution in [0.5, 0.6) is 0 Å². The van der Waals surface area contributed by atoms with Gasteiger partial charge in [-0.05, 0) is 31.6 Å². The molecule has 2 aliphatic carbocycles. The molecule has 0 radical (unpaired) electrons. The first-order chi connectivity index (χ1) is 7.66. The van der Waals surface area contributed by atoms with Crippen LogP contribution < -0.4 is 0 Å². The Morgan fingerprint density at radius 1 is 1.25 bits per heavy atom. The van der Waals surface area contributed by atoms with Crippen molar-refractivity contribution in [1.29, 1.82) is 0 Å². The number of rotatable bonds is 3. The lowest BCUT2D eigenvalue weighted by Gasteiger charge is -2.35. The molecule has 0 aromatic heterocycles. The van der Waals surface area contributed by atoms with Crippen molar-refractivity contribution in [1.82, 2.24) is 4.90 Å². The minimum absolute atomic E-state index is 0.311. The van der Waals surface area contributed by atoms with Gasteiger partial charge in [0.05, 0.1) is 0 Å². The molecule has 0 spiro atoms. The molecule has 16 heavy (non-hydrogen) atoms. The van der Waals surface area contributed by atoms with Crippen molar-refractivity contribution in [3.63, 3.8) is 0 Å². The third-order valence-corrected chi connectivity index (χ3v) is 4.40. The summed E-state index contributed by atoms with van der Waals surface area (Å²) in [6.45, 7) is 0.915. The van der Waals surface area contributed by atoms with Crippen LogP contribution in [-0.2, 0) is 4.79 Å². The van der Waals surface area contributed by atoms with Crippen molar-refractivity contribution in [2.45, 2.75) is 50.3 Å². The number of alkyl halides is 1. The third-order valence-electron chi connectivity index (χ3n) is 4.04. The summed E-state index contributed by atoms with van der Waals surface area (Å²) in [7, 11) is 1.96. The molecule has 2 rings (SSSR count). The van der Waals surface area contributed by atoms with Gasteiger partial charge >= 0.3 is 0 Å². The fourth-order valence-electron chi connectivity index (χ4n) is 2.94. The molecule has 0 heterocycles. The minimum Gasteiger partial charge on any atom is -0.345 e. The zero-order chi connectivity index (χ0) is 11.5. The first-order valence-corrected chi connectivity index (χ1v) is 6.99. The first kappa shape index (κ1) is 12.2. The normalized spacial score (nSPS) is 30.9. The third kappa shape index (κ3) is 2.91. The Bertz CT molecular complexity index is 244. The molecule has 92 valence electrons. The molecular formula is C13H22ClNO. The second-order valence-electron chi connectivity index (χ2n) is 5.49. The molecule has 0 unspecified atom stereocenters. The molecule has 2 aliphatic rings. The predicted molar refractivity (Wildman–Crippen MR) is 66.6 cm³/mol. The van der Waals surface area contributed by atoms with E-state index >= 15 is 0 Å². The van der Waals surface area contributed by atoms with Crippen molar-refractivity contribution < 1.29 is 4.79 Å². The van der Waals surface area contributed by atoms with Gasteiger partial charge in [-0.15, -0.1) is 11.6 Å². The van der Waals surface area contributed by atoms with E-state index in [2.05, 4.69) is 0 Å². The van der Waals surface area contributed by atoms with Gasteiger partial charge in [-0.3, -0.25) is 4.79 Å².